The van der Waals surface area contributed by atoms with Crippen molar-refractivity contribution in [2.24, 2.45) is 0 Å². The standard InChI is InChI=1S/C30H32N2O6S/c1-3-38-23-13-14-25-24(19-23)30(16-8-5-9-17-30)29(34)32(25)39(35,36)27-15-12-22(18-26(27)37-2)28(33)31-20-21-10-6-4-7-11-21/h4,6-7,10-15,18-19H,3,5,8-9,16-17,20H2,1-2H3,(H,31,33). The van der Waals surface area contributed by atoms with Gasteiger partial charge in [0.15, 0.2) is 0 Å². The quantitative estimate of drug-likeness (QED) is 0.427. The molecule has 0 bridgehead atoms. The Kier molecular flexibility index (Phi) is 7.36. The maximum absolute atomic E-state index is 14.1. The minimum atomic E-state index is -4.36. The minimum Gasteiger partial charge on any atom is -0.495 e. The summed E-state index contributed by atoms with van der Waals surface area (Å²) in [5.41, 5.74) is 1.32. The van der Waals surface area contributed by atoms with E-state index in [-0.39, 0.29) is 22.1 Å². The van der Waals surface area contributed by atoms with Gasteiger partial charge in [0, 0.05) is 12.1 Å². The van der Waals surface area contributed by atoms with E-state index in [1.807, 2.05) is 43.3 Å². The van der Waals surface area contributed by atoms with Crippen molar-refractivity contribution in [3.63, 3.8) is 0 Å². The fourth-order valence-corrected chi connectivity index (χ4v) is 7.27. The molecule has 1 saturated carbocycles. The van der Waals surface area contributed by atoms with Crippen LogP contribution in [0, 0.1) is 0 Å². The van der Waals surface area contributed by atoms with Crippen LogP contribution >= 0.6 is 0 Å². The number of hydrogen-bond acceptors (Lipinski definition) is 6. The number of amides is 2. The zero-order chi connectivity index (χ0) is 27.6. The first-order chi connectivity index (χ1) is 18.8. The van der Waals surface area contributed by atoms with Crippen LogP contribution in [0.25, 0.3) is 0 Å². The molecule has 0 saturated heterocycles. The number of hydrogen-bond donors (Lipinski definition) is 1. The molecule has 0 unspecified atom stereocenters. The largest absolute Gasteiger partial charge is 0.495 e. The van der Waals surface area contributed by atoms with Gasteiger partial charge < -0.3 is 14.8 Å². The van der Waals surface area contributed by atoms with Crippen molar-refractivity contribution in [2.75, 3.05) is 18.0 Å². The molecule has 3 aromatic rings. The van der Waals surface area contributed by atoms with Gasteiger partial charge in [0.1, 0.15) is 16.4 Å². The predicted octanol–water partition coefficient (Wildman–Crippen LogP) is 4.96. The Morgan fingerprint density at radius 1 is 1.00 bits per heavy atom. The first kappa shape index (κ1) is 26.7. The molecule has 0 radical (unpaired) electrons. The Hall–Kier alpha value is -3.85. The third kappa shape index (κ3) is 4.76. The van der Waals surface area contributed by atoms with Crippen molar-refractivity contribution >= 4 is 27.5 Å². The number of anilines is 1. The second kappa shape index (κ2) is 10.7. The first-order valence-corrected chi connectivity index (χ1v) is 14.6. The molecular formula is C30H32N2O6S. The summed E-state index contributed by atoms with van der Waals surface area (Å²) in [6.07, 6.45) is 3.85. The van der Waals surface area contributed by atoms with E-state index >= 15 is 0 Å². The number of fused-ring (bicyclic) bond motifs is 2. The number of ether oxygens (including phenoxy) is 2. The molecular weight excluding hydrogens is 516 g/mol. The SMILES string of the molecule is CCOc1ccc2c(c1)C1(CCCCC1)C(=O)N2S(=O)(=O)c1ccc(C(=O)NCc2ccccc2)cc1OC. The highest BCUT2D eigenvalue weighted by atomic mass is 32.2. The van der Waals surface area contributed by atoms with Gasteiger partial charge in [0.05, 0.1) is 24.8 Å². The zero-order valence-electron chi connectivity index (χ0n) is 22.1. The molecule has 8 nitrogen and oxygen atoms in total. The van der Waals surface area contributed by atoms with E-state index in [2.05, 4.69) is 5.32 Å². The average Bonchev–Trinajstić information content (AvgIpc) is 3.19. The lowest BCUT2D eigenvalue weighted by Crippen LogP contribution is -2.44. The summed E-state index contributed by atoms with van der Waals surface area (Å²) in [6, 6.07) is 18.8. The molecule has 1 aliphatic carbocycles. The fraction of sp³-hybridized carbons (Fsp3) is 0.333. The molecule has 2 aliphatic rings. The Bertz CT molecular complexity index is 1500. The summed E-state index contributed by atoms with van der Waals surface area (Å²) >= 11 is 0. The molecule has 3 aromatic carbocycles. The molecule has 0 atom stereocenters. The van der Waals surface area contributed by atoms with Crippen LogP contribution in [-0.2, 0) is 26.8 Å². The summed E-state index contributed by atoms with van der Waals surface area (Å²) in [7, 11) is -3.01. The number of nitrogens with one attached hydrogen (secondary N) is 1. The molecule has 2 amide bonds. The number of carbonyl (C=O) groups is 2. The van der Waals surface area contributed by atoms with Crippen molar-refractivity contribution < 1.29 is 27.5 Å². The fourth-order valence-electron chi connectivity index (χ4n) is 5.63. The Morgan fingerprint density at radius 3 is 2.44 bits per heavy atom. The lowest BCUT2D eigenvalue weighted by molar-refractivity contribution is -0.123. The normalized spacial score (nSPS) is 16.2. The molecule has 1 heterocycles. The Balaban J connectivity index is 1.50. The van der Waals surface area contributed by atoms with Gasteiger partial charge in [-0.3, -0.25) is 9.59 Å². The summed E-state index contributed by atoms with van der Waals surface area (Å²) in [5, 5.41) is 2.83. The number of benzene rings is 3. The highest BCUT2D eigenvalue weighted by Crippen LogP contribution is 2.53. The van der Waals surface area contributed by atoms with Crippen LogP contribution < -0.4 is 19.1 Å². The smallest absolute Gasteiger partial charge is 0.274 e. The first-order valence-electron chi connectivity index (χ1n) is 13.2. The lowest BCUT2D eigenvalue weighted by atomic mass is 9.70. The topological polar surface area (TPSA) is 102 Å². The zero-order valence-corrected chi connectivity index (χ0v) is 22.9. The predicted molar refractivity (Wildman–Crippen MR) is 148 cm³/mol. The van der Waals surface area contributed by atoms with Crippen LogP contribution in [0.15, 0.2) is 71.6 Å². The number of rotatable bonds is 8. The van der Waals surface area contributed by atoms with E-state index in [0.29, 0.717) is 43.0 Å². The van der Waals surface area contributed by atoms with Crippen molar-refractivity contribution in [3.8, 4) is 11.5 Å². The Labute approximate surface area is 229 Å². The average molecular weight is 549 g/mol. The summed E-state index contributed by atoms with van der Waals surface area (Å²) in [5.74, 6) is -0.213. The van der Waals surface area contributed by atoms with Crippen LogP contribution in [0.1, 0.15) is 60.5 Å². The lowest BCUT2D eigenvalue weighted by Gasteiger charge is -2.32. The van der Waals surface area contributed by atoms with E-state index in [0.717, 1.165) is 29.1 Å². The second-order valence-electron chi connectivity index (χ2n) is 9.86. The van der Waals surface area contributed by atoms with E-state index in [4.69, 9.17) is 9.47 Å². The highest BCUT2D eigenvalue weighted by Gasteiger charge is 2.55. The number of carbonyl (C=O) groups excluding carboxylic acids is 2. The van der Waals surface area contributed by atoms with Crippen molar-refractivity contribution in [2.45, 2.75) is 55.9 Å². The van der Waals surface area contributed by atoms with E-state index in [9.17, 15) is 18.0 Å². The molecule has 204 valence electrons. The second-order valence-corrected chi connectivity index (χ2v) is 11.6. The van der Waals surface area contributed by atoms with E-state index in [1.165, 1.54) is 25.3 Å². The van der Waals surface area contributed by atoms with Gasteiger partial charge in [-0.1, -0.05) is 49.6 Å². The number of sulfonamides is 1. The molecule has 1 fully saturated rings. The number of methoxy groups -OCH3 is 1. The third-order valence-corrected chi connectivity index (χ3v) is 9.29. The van der Waals surface area contributed by atoms with Gasteiger partial charge in [-0.05, 0) is 67.3 Å². The van der Waals surface area contributed by atoms with Crippen LogP contribution in [0.5, 0.6) is 11.5 Å². The third-order valence-electron chi connectivity index (χ3n) is 7.55. The van der Waals surface area contributed by atoms with Crippen LogP contribution in [0.2, 0.25) is 0 Å². The van der Waals surface area contributed by atoms with Crippen LogP contribution in [0.4, 0.5) is 5.69 Å². The van der Waals surface area contributed by atoms with Gasteiger partial charge in [-0.25, -0.2) is 12.7 Å². The summed E-state index contributed by atoms with van der Waals surface area (Å²) in [4.78, 5) is 26.7. The summed E-state index contributed by atoms with van der Waals surface area (Å²) < 4.78 is 40.3. The Morgan fingerprint density at radius 2 is 1.74 bits per heavy atom. The van der Waals surface area contributed by atoms with Crippen LogP contribution in [0.3, 0.4) is 0 Å². The molecule has 1 N–H and O–H groups in total. The molecule has 9 heteroatoms. The maximum Gasteiger partial charge on any atom is 0.274 e. The number of nitrogens with zero attached hydrogens (tertiary/aromatic N) is 1. The maximum atomic E-state index is 14.1. The van der Waals surface area contributed by atoms with Gasteiger partial charge in [-0.15, -0.1) is 0 Å². The van der Waals surface area contributed by atoms with Gasteiger partial charge in [0.25, 0.3) is 21.8 Å². The highest BCUT2D eigenvalue weighted by molar-refractivity contribution is 7.93. The molecule has 1 spiro atoms. The van der Waals surface area contributed by atoms with Gasteiger partial charge in [0.2, 0.25) is 0 Å². The monoisotopic (exact) mass is 548 g/mol. The minimum absolute atomic E-state index is 0.00718. The van der Waals surface area contributed by atoms with Crippen molar-refractivity contribution in [3.05, 3.63) is 83.4 Å². The summed E-state index contributed by atoms with van der Waals surface area (Å²) in [6.45, 7) is 2.67. The van der Waals surface area contributed by atoms with E-state index < -0.39 is 21.3 Å². The van der Waals surface area contributed by atoms with Crippen LogP contribution in [-0.4, -0.2) is 33.9 Å². The molecule has 1 aliphatic heterocycles. The van der Waals surface area contributed by atoms with Gasteiger partial charge in [-0.2, -0.15) is 0 Å². The van der Waals surface area contributed by atoms with Crippen molar-refractivity contribution in [1.29, 1.82) is 0 Å². The molecule has 39 heavy (non-hydrogen) atoms. The molecule has 0 aromatic heterocycles. The molecule has 5 rings (SSSR count). The van der Waals surface area contributed by atoms with Crippen molar-refractivity contribution in [1.82, 2.24) is 5.32 Å². The van der Waals surface area contributed by atoms with Gasteiger partial charge >= 0.3 is 0 Å². The van der Waals surface area contributed by atoms with E-state index in [1.54, 1.807) is 12.1 Å².